The zero-order valence-electron chi connectivity index (χ0n) is 14.6. The molecule has 4 heteroatoms. The smallest absolute Gasteiger partial charge is 0.399 e. The van der Waals surface area contributed by atoms with Gasteiger partial charge in [0.05, 0.1) is 11.2 Å². The van der Waals surface area contributed by atoms with Gasteiger partial charge in [-0.15, -0.1) is 0 Å². The zero-order chi connectivity index (χ0) is 16.7. The molecule has 1 aliphatic heterocycles. The maximum Gasteiger partial charge on any atom is 0.494 e. The van der Waals surface area contributed by atoms with Gasteiger partial charge in [-0.25, -0.2) is 0 Å². The third kappa shape index (κ3) is 3.16. The quantitative estimate of drug-likeness (QED) is 0.807. The Hall–Kier alpha value is -1.36. The van der Waals surface area contributed by atoms with E-state index in [-0.39, 0.29) is 18.3 Å². The normalized spacial score (nSPS) is 19.3. The summed E-state index contributed by atoms with van der Waals surface area (Å²) in [6.07, 6.45) is 0. The van der Waals surface area contributed by atoms with Crippen LogP contribution in [0.2, 0.25) is 6.55 Å². The highest BCUT2D eigenvalue weighted by Gasteiger charge is 2.51. The molecule has 2 aromatic carbocycles. The van der Waals surface area contributed by atoms with E-state index in [1.807, 2.05) is 0 Å². The lowest BCUT2D eigenvalue weighted by Crippen LogP contribution is -2.43. The lowest BCUT2D eigenvalue weighted by atomic mass is 9.79. The van der Waals surface area contributed by atoms with Gasteiger partial charge < -0.3 is 9.31 Å². The van der Waals surface area contributed by atoms with Crippen molar-refractivity contribution in [2.24, 2.45) is 0 Å². The SMILES string of the molecule is C[Si](c1ccccc1)c1cccc(B2OC(C)(C)C(C)(C)O2)c1. The molecule has 0 unspecified atom stereocenters. The number of rotatable bonds is 3. The summed E-state index contributed by atoms with van der Waals surface area (Å²) >= 11 is 0. The Balaban J connectivity index is 1.87. The van der Waals surface area contributed by atoms with Crippen molar-refractivity contribution in [1.82, 2.24) is 0 Å². The average Bonchev–Trinajstić information content (AvgIpc) is 2.76. The van der Waals surface area contributed by atoms with Crippen LogP contribution in [0.15, 0.2) is 54.6 Å². The van der Waals surface area contributed by atoms with Crippen LogP contribution < -0.4 is 15.8 Å². The first kappa shape index (κ1) is 16.5. The molecule has 0 spiro atoms. The van der Waals surface area contributed by atoms with Crippen LogP contribution in [0.25, 0.3) is 0 Å². The lowest BCUT2D eigenvalue weighted by molar-refractivity contribution is 0.00578. The summed E-state index contributed by atoms with van der Waals surface area (Å²) < 4.78 is 12.4. The van der Waals surface area contributed by atoms with Gasteiger partial charge in [-0.2, -0.15) is 0 Å². The molecule has 0 amide bonds. The van der Waals surface area contributed by atoms with Crippen molar-refractivity contribution >= 4 is 31.8 Å². The monoisotopic (exact) mass is 323 g/mol. The Morgan fingerprint density at radius 2 is 1.35 bits per heavy atom. The van der Waals surface area contributed by atoms with Crippen molar-refractivity contribution in [3.63, 3.8) is 0 Å². The summed E-state index contributed by atoms with van der Waals surface area (Å²) in [7, 11) is -1.05. The molecule has 1 saturated heterocycles. The van der Waals surface area contributed by atoms with Gasteiger partial charge in [-0.05, 0) is 33.2 Å². The fourth-order valence-electron chi connectivity index (χ4n) is 2.75. The van der Waals surface area contributed by atoms with Gasteiger partial charge in [0.2, 0.25) is 0 Å². The first-order valence-corrected chi connectivity index (χ1v) is 10.2. The zero-order valence-corrected chi connectivity index (χ0v) is 15.6. The highest BCUT2D eigenvalue weighted by molar-refractivity contribution is 6.84. The Morgan fingerprint density at radius 1 is 0.783 bits per heavy atom. The second-order valence-corrected chi connectivity index (χ2v) is 9.61. The van der Waals surface area contributed by atoms with E-state index in [2.05, 4.69) is 88.8 Å². The minimum absolute atomic E-state index is 0.287. The molecule has 1 aliphatic rings. The van der Waals surface area contributed by atoms with Crippen molar-refractivity contribution in [1.29, 1.82) is 0 Å². The molecule has 0 saturated carbocycles. The Bertz CT molecular complexity index is 669. The standard InChI is InChI=1S/C19H24BO2Si/c1-18(2)19(3,4)22-20(21-18)15-10-9-13-17(14-15)23(5)16-11-7-6-8-12-16/h6-14H,1-5H3. The molecule has 0 bridgehead atoms. The fraction of sp³-hybridized carbons (Fsp3) is 0.368. The van der Waals surface area contributed by atoms with Crippen LogP contribution in [-0.2, 0) is 9.31 Å². The minimum Gasteiger partial charge on any atom is -0.399 e. The first-order valence-electron chi connectivity index (χ1n) is 8.15. The molecular formula is C19H24BO2Si. The summed E-state index contributed by atoms with van der Waals surface area (Å²) in [4.78, 5) is 0. The van der Waals surface area contributed by atoms with Crippen LogP contribution in [0.4, 0.5) is 0 Å². The van der Waals surface area contributed by atoms with Crippen molar-refractivity contribution in [2.75, 3.05) is 0 Å². The molecule has 3 rings (SSSR count). The second kappa shape index (κ2) is 5.93. The third-order valence-corrected chi connectivity index (χ3v) is 7.43. The Labute approximate surface area is 141 Å². The second-order valence-electron chi connectivity index (χ2n) is 7.20. The predicted molar refractivity (Wildman–Crippen MR) is 99.5 cm³/mol. The molecule has 1 fully saturated rings. The predicted octanol–water partition coefficient (Wildman–Crippen LogP) is 2.22. The van der Waals surface area contributed by atoms with E-state index < -0.39 is 8.80 Å². The van der Waals surface area contributed by atoms with E-state index in [1.54, 1.807) is 0 Å². The molecular weight excluding hydrogens is 299 g/mol. The molecule has 1 heterocycles. The van der Waals surface area contributed by atoms with Crippen molar-refractivity contribution in [2.45, 2.75) is 45.4 Å². The average molecular weight is 323 g/mol. The van der Waals surface area contributed by atoms with Crippen molar-refractivity contribution in [3.8, 4) is 0 Å². The largest absolute Gasteiger partial charge is 0.494 e. The van der Waals surface area contributed by atoms with Gasteiger partial charge in [0, 0.05) is 0 Å². The molecule has 119 valence electrons. The summed E-state index contributed by atoms with van der Waals surface area (Å²) in [5.74, 6) is 0. The van der Waals surface area contributed by atoms with Crippen molar-refractivity contribution < 1.29 is 9.31 Å². The molecule has 2 nitrogen and oxygen atoms in total. The lowest BCUT2D eigenvalue weighted by Gasteiger charge is -2.32. The van der Waals surface area contributed by atoms with Gasteiger partial charge in [0.1, 0.15) is 8.80 Å². The summed E-state index contributed by atoms with van der Waals surface area (Å²) in [5, 5.41) is 2.80. The molecule has 0 N–H and O–H groups in total. The van der Waals surface area contributed by atoms with Gasteiger partial charge in [0.25, 0.3) is 0 Å². The molecule has 0 aliphatic carbocycles. The maximum absolute atomic E-state index is 6.18. The highest BCUT2D eigenvalue weighted by Crippen LogP contribution is 2.36. The van der Waals surface area contributed by atoms with E-state index in [0.29, 0.717) is 0 Å². The Morgan fingerprint density at radius 3 is 1.96 bits per heavy atom. The van der Waals surface area contributed by atoms with Crippen LogP contribution in [-0.4, -0.2) is 27.1 Å². The number of hydrogen-bond donors (Lipinski definition) is 0. The number of benzene rings is 2. The van der Waals surface area contributed by atoms with E-state index >= 15 is 0 Å². The molecule has 23 heavy (non-hydrogen) atoms. The summed E-state index contributed by atoms with van der Waals surface area (Å²) in [6.45, 7) is 10.7. The van der Waals surface area contributed by atoms with Gasteiger partial charge >= 0.3 is 7.12 Å². The Kier molecular flexibility index (Phi) is 4.25. The van der Waals surface area contributed by atoms with E-state index in [1.165, 1.54) is 10.4 Å². The third-order valence-electron chi connectivity index (χ3n) is 5.05. The fourth-order valence-corrected chi connectivity index (χ4v) is 4.51. The van der Waals surface area contributed by atoms with Crippen LogP contribution >= 0.6 is 0 Å². The number of hydrogen-bond acceptors (Lipinski definition) is 2. The summed E-state index contributed by atoms with van der Waals surface area (Å²) in [6, 6.07) is 19.4. The van der Waals surface area contributed by atoms with Gasteiger partial charge in [-0.1, -0.05) is 71.5 Å². The van der Waals surface area contributed by atoms with Gasteiger partial charge in [-0.3, -0.25) is 0 Å². The van der Waals surface area contributed by atoms with Crippen LogP contribution in [0, 0.1) is 0 Å². The first-order chi connectivity index (χ1) is 10.8. The van der Waals surface area contributed by atoms with E-state index in [9.17, 15) is 0 Å². The molecule has 2 aromatic rings. The molecule has 0 aromatic heterocycles. The molecule has 1 radical (unpaired) electrons. The van der Waals surface area contributed by atoms with E-state index in [0.717, 1.165) is 5.46 Å². The maximum atomic E-state index is 6.18. The van der Waals surface area contributed by atoms with Crippen LogP contribution in [0.1, 0.15) is 27.7 Å². The van der Waals surface area contributed by atoms with Gasteiger partial charge in [0.15, 0.2) is 0 Å². The highest BCUT2D eigenvalue weighted by atomic mass is 28.3. The molecule has 0 atom stereocenters. The van der Waals surface area contributed by atoms with Crippen LogP contribution in [0.5, 0.6) is 0 Å². The van der Waals surface area contributed by atoms with Crippen LogP contribution in [0.3, 0.4) is 0 Å². The summed E-state index contributed by atoms with van der Waals surface area (Å²) in [5.41, 5.74) is 0.515. The topological polar surface area (TPSA) is 18.5 Å². The van der Waals surface area contributed by atoms with Crippen molar-refractivity contribution in [3.05, 3.63) is 54.6 Å². The minimum atomic E-state index is -0.764. The van der Waals surface area contributed by atoms with E-state index in [4.69, 9.17) is 9.31 Å².